The second-order valence-corrected chi connectivity index (χ2v) is 3.01. The summed E-state index contributed by atoms with van der Waals surface area (Å²) in [6.45, 7) is 0.477. The first kappa shape index (κ1) is 6.83. The van der Waals surface area contributed by atoms with Crippen molar-refractivity contribution >= 4 is 18.0 Å². The third kappa shape index (κ3) is 1.56. The number of aliphatic imine (C=N–C) groups is 1. The van der Waals surface area contributed by atoms with Crippen LogP contribution in [0.4, 0.5) is 0 Å². The van der Waals surface area contributed by atoms with Gasteiger partial charge in [0.25, 0.3) is 0 Å². The molecule has 0 fully saturated rings. The fraction of sp³-hybridized carbons (Fsp3) is 0.500. The molecule has 0 bridgehead atoms. The fourth-order valence-electron chi connectivity index (χ4n) is 0.623. The van der Waals surface area contributed by atoms with Gasteiger partial charge < -0.3 is 5.11 Å². The van der Waals surface area contributed by atoms with Crippen LogP contribution < -0.4 is 0 Å². The Balaban J connectivity index is 2.63. The van der Waals surface area contributed by atoms with Crippen LogP contribution in [-0.2, 0) is 0 Å². The van der Waals surface area contributed by atoms with E-state index in [4.69, 9.17) is 0 Å². The lowest BCUT2D eigenvalue weighted by molar-refractivity contribution is 0.196. The number of rotatable bonds is 1. The molecule has 0 aromatic rings. The van der Waals surface area contributed by atoms with Gasteiger partial charge in [0.05, 0.1) is 6.54 Å². The molecular weight excluding hydrogens is 134 g/mol. The first-order valence-corrected chi connectivity index (χ1v) is 3.94. The summed E-state index contributed by atoms with van der Waals surface area (Å²) in [5.74, 6) is 0. The number of allylic oxidation sites excluding steroid dienone is 1. The van der Waals surface area contributed by atoms with E-state index < -0.39 is 4.93 Å². The monoisotopic (exact) mass is 143 g/mol. The van der Waals surface area contributed by atoms with E-state index >= 15 is 0 Å². The molecule has 0 aromatic heterocycles. The van der Waals surface area contributed by atoms with Gasteiger partial charge in [0, 0.05) is 6.21 Å². The molecule has 1 aliphatic heterocycles. The van der Waals surface area contributed by atoms with Crippen molar-refractivity contribution in [2.45, 2.75) is 4.93 Å². The maximum atomic E-state index is 9.44. The SMILES string of the molecule is CSC1(O)C=CC=NC1. The Labute approximate surface area is 58.7 Å². The summed E-state index contributed by atoms with van der Waals surface area (Å²) in [6, 6.07) is 0. The van der Waals surface area contributed by atoms with Crippen LogP contribution in [0.25, 0.3) is 0 Å². The molecule has 0 aliphatic carbocycles. The third-order valence-corrected chi connectivity index (χ3v) is 2.19. The number of hydrogen-bond acceptors (Lipinski definition) is 3. The van der Waals surface area contributed by atoms with Crippen LogP contribution in [0, 0.1) is 0 Å². The molecule has 2 nitrogen and oxygen atoms in total. The van der Waals surface area contributed by atoms with Crippen LogP contribution in [-0.4, -0.2) is 29.1 Å². The summed E-state index contributed by atoms with van der Waals surface area (Å²) in [6.07, 6.45) is 7.08. The summed E-state index contributed by atoms with van der Waals surface area (Å²) in [5, 5.41) is 9.44. The zero-order valence-corrected chi connectivity index (χ0v) is 6.06. The third-order valence-electron chi connectivity index (χ3n) is 1.22. The van der Waals surface area contributed by atoms with Crippen molar-refractivity contribution in [3.63, 3.8) is 0 Å². The summed E-state index contributed by atoms with van der Waals surface area (Å²) < 4.78 is 0. The molecule has 1 atom stereocenters. The van der Waals surface area contributed by atoms with E-state index in [-0.39, 0.29) is 0 Å². The number of thioether (sulfide) groups is 1. The Kier molecular flexibility index (Phi) is 1.93. The summed E-state index contributed by atoms with van der Waals surface area (Å²) in [7, 11) is 0. The Morgan fingerprint density at radius 3 is 2.89 bits per heavy atom. The second kappa shape index (κ2) is 2.54. The molecule has 1 N–H and O–H groups in total. The van der Waals surface area contributed by atoms with E-state index in [0.717, 1.165) is 0 Å². The molecular formula is C6H9NOS. The first-order chi connectivity index (χ1) is 4.27. The van der Waals surface area contributed by atoms with E-state index in [2.05, 4.69) is 4.99 Å². The molecule has 0 radical (unpaired) electrons. The summed E-state index contributed by atoms with van der Waals surface area (Å²) in [5.41, 5.74) is 0. The van der Waals surface area contributed by atoms with Gasteiger partial charge in [-0.1, -0.05) is 0 Å². The lowest BCUT2D eigenvalue weighted by Crippen LogP contribution is -2.26. The summed E-state index contributed by atoms with van der Waals surface area (Å²) >= 11 is 1.40. The van der Waals surface area contributed by atoms with Gasteiger partial charge in [0.1, 0.15) is 4.93 Å². The largest absolute Gasteiger partial charge is 0.374 e. The van der Waals surface area contributed by atoms with Crippen LogP contribution >= 0.6 is 11.8 Å². The van der Waals surface area contributed by atoms with Gasteiger partial charge in [0.15, 0.2) is 0 Å². The quantitative estimate of drug-likeness (QED) is 0.547. The van der Waals surface area contributed by atoms with Crippen molar-refractivity contribution in [1.29, 1.82) is 0 Å². The van der Waals surface area contributed by atoms with E-state index in [1.807, 2.05) is 6.26 Å². The number of nitrogens with zero attached hydrogens (tertiary/aromatic N) is 1. The highest BCUT2D eigenvalue weighted by Gasteiger charge is 2.21. The van der Waals surface area contributed by atoms with E-state index in [1.54, 1.807) is 18.4 Å². The van der Waals surface area contributed by atoms with Gasteiger partial charge in [-0.15, -0.1) is 11.8 Å². The maximum Gasteiger partial charge on any atom is 0.148 e. The highest BCUT2D eigenvalue weighted by molar-refractivity contribution is 8.00. The van der Waals surface area contributed by atoms with Crippen LogP contribution in [0.2, 0.25) is 0 Å². The minimum absolute atomic E-state index is 0.477. The molecule has 50 valence electrons. The van der Waals surface area contributed by atoms with Crippen molar-refractivity contribution < 1.29 is 5.11 Å². The van der Waals surface area contributed by atoms with Crippen molar-refractivity contribution in [2.75, 3.05) is 12.8 Å². The van der Waals surface area contributed by atoms with Crippen molar-refractivity contribution in [2.24, 2.45) is 4.99 Å². The van der Waals surface area contributed by atoms with Gasteiger partial charge >= 0.3 is 0 Å². The molecule has 0 aromatic carbocycles. The van der Waals surface area contributed by atoms with E-state index in [0.29, 0.717) is 6.54 Å². The van der Waals surface area contributed by atoms with Gasteiger partial charge in [-0.05, 0) is 18.4 Å². The number of hydrogen-bond donors (Lipinski definition) is 1. The molecule has 3 heteroatoms. The second-order valence-electron chi connectivity index (χ2n) is 1.90. The molecule has 9 heavy (non-hydrogen) atoms. The Hall–Kier alpha value is -0.280. The molecule has 1 unspecified atom stereocenters. The molecule has 0 saturated heterocycles. The molecule has 0 saturated carbocycles. The molecule has 0 amide bonds. The zero-order chi connectivity index (χ0) is 6.74. The molecule has 1 rings (SSSR count). The standard InChI is InChI=1S/C6H9NOS/c1-9-6(8)3-2-4-7-5-6/h2-4,8H,5H2,1H3. The topological polar surface area (TPSA) is 32.6 Å². The minimum Gasteiger partial charge on any atom is -0.374 e. The molecule has 0 spiro atoms. The zero-order valence-electron chi connectivity index (χ0n) is 5.24. The fourth-order valence-corrected chi connectivity index (χ4v) is 1.04. The molecule has 1 heterocycles. The highest BCUT2D eigenvalue weighted by atomic mass is 32.2. The van der Waals surface area contributed by atoms with Crippen LogP contribution in [0.1, 0.15) is 0 Å². The minimum atomic E-state index is -0.741. The lowest BCUT2D eigenvalue weighted by atomic mass is 10.3. The Bertz CT molecular complexity index is 155. The van der Waals surface area contributed by atoms with Crippen molar-refractivity contribution in [1.82, 2.24) is 0 Å². The van der Waals surface area contributed by atoms with Gasteiger partial charge in [-0.2, -0.15) is 0 Å². The number of dihydropyridines is 1. The smallest absolute Gasteiger partial charge is 0.148 e. The summed E-state index contributed by atoms with van der Waals surface area (Å²) in [4.78, 5) is 3.18. The average molecular weight is 143 g/mol. The van der Waals surface area contributed by atoms with Crippen LogP contribution in [0.3, 0.4) is 0 Å². The molecule has 1 aliphatic rings. The van der Waals surface area contributed by atoms with Crippen molar-refractivity contribution in [3.8, 4) is 0 Å². The van der Waals surface area contributed by atoms with E-state index in [1.165, 1.54) is 11.8 Å². The maximum absolute atomic E-state index is 9.44. The highest BCUT2D eigenvalue weighted by Crippen LogP contribution is 2.22. The number of aliphatic hydroxyl groups is 1. The first-order valence-electron chi connectivity index (χ1n) is 2.72. The van der Waals surface area contributed by atoms with Gasteiger partial charge in [-0.25, -0.2) is 0 Å². The van der Waals surface area contributed by atoms with Crippen molar-refractivity contribution in [3.05, 3.63) is 12.2 Å². The van der Waals surface area contributed by atoms with Crippen LogP contribution in [0.15, 0.2) is 17.1 Å². The van der Waals surface area contributed by atoms with Crippen LogP contribution in [0.5, 0.6) is 0 Å². The van der Waals surface area contributed by atoms with Gasteiger partial charge in [0.2, 0.25) is 0 Å². The Morgan fingerprint density at radius 2 is 2.56 bits per heavy atom. The van der Waals surface area contributed by atoms with E-state index in [9.17, 15) is 5.11 Å². The normalized spacial score (nSPS) is 33.1. The predicted octanol–water partition coefficient (Wildman–Crippen LogP) is 0.679. The predicted molar refractivity (Wildman–Crippen MR) is 41.0 cm³/mol. The Morgan fingerprint density at radius 1 is 1.78 bits per heavy atom. The average Bonchev–Trinajstić information content (AvgIpc) is 1.90. The lowest BCUT2D eigenvalue weighted by Gasteiger charge is -2.20. The van der Waals surface area contributed by atoms with Gasteiger partial charge in [-0.3, -0.25) is 4.99 Å².